The lowest BCUT2D eigenvalue weighted by Gasteiger charge is -2.35. The summed E-state index contributed by atoms with van der Waals surface area (Å²) in [4.78, 5) is 114. The number of hydrogen-bond acceptors (Lipinski definition) is 10. The summed E-state index contributed by atoms with van der Waals surface area (Å²) in [5.41, 5.74) is 7.78. The standard InChI is InChI=1S/C62H79N9O8.2ClH/c1-40(63-3)58(75)67-50(60(77)70-37-11-20-53(70)55(72)39-46-16-9-15-44-13-5-7-18-49(44)46)32-34-56(73)65-47-28-24-42(25-29-47)22-23-43-26-30-48(31-27-43)66-57(74)35-33-51(68-59(76)41(2)64-4)61(78)71-38-12-21-54(71)62(79)69-36-10-17-45-14-6-8-19-52(45)69;;/h5-8,13-14,18-19,24-31,40-41,46,50-51,53-54,63-64H,9-12,15-17,20-23,32-39H2,1-4H3,(H,65,73)(H,66,74)(H,67,75)(H,68,76);2*1H/t40-,41-,46-,50-,51?,53-,54-;;/m0../s1. The first-order valence-electron chi connectivity index (χ1n) is 28.5. The molecule has 0 saturated carbocycles. The summed E-state index contributed by atoms with van der Waals surface area (Å²) >= 11 is 0. The van der Waals surface area contributed by atoms with E-state index in [2.05, 4.69) is 44.0 Å². The summed E-state index contributed by atoms with van der Waals surface area (Å²) in [7, 11) is 3.32. The monoisotopic (exact) mass is 1150 g/mol. The van der Waals surface area contributed by atoms with Crippen LogP contribution in [0.1, 0.15) is 125 Å². The number of rotatable bonds is 23. The number of nitrogens with one attached hydrogen (secondary N) is 6. The van der Waals surface area contributed by atoms with Gasteiger partial charge in [0.1, 0.15) is 18.1 Å². The number of carbonyl (C=O) groups is 8. The topological polar surface area (TPSA) is 218 Å². The Balaban J connectivity index is 0.00000528. The van der Waals surface area contributed by atoms with Gasteiger partial charge in [-0.05, 0) is 175 Å². The minimum atomic E-state index is -1.00. The van der Waals surface area contributed by atoms with Crippen LogP contribution >= 0.6 is 24.8 Å². The normalized spacial score (nSPS) is 18.8. The molecular formula is C62H81Cl2N9O8. The molecule has 1 aliphatic carbocycles. The van der Waals surface area contributed by atoms with Crippen molar-refractivity contribution in [1.29, 1.82) is 0 Å². The molecule has 3 heterocycles. The third kappa shape index (κ3) is 16.5. The van der Waals surface area contributed by atoms with Crippen molar-refractivity contribution in [3.8, 4) is 0 Å². The highest BCUT2D eigenvalue weighted by atomic mass is 35.5. The summed E-state index contributed by atoms with van der Waals surface area (Å²) in [6, 6.07) is 26.9. The van der Waals surface area contributed by atoms with Gasteiger partial charge < -0.3 is 46.6 Å². The molecule has 19 heteroatoms. The van der Waals surface area contributed by atoms with E-state index < -0.39 is 36.3 Å². The van der Waals surface area contributed by atoms with Gasteiger partial charge in [0.05, 0.1) is 18.1 Å². The summed E-state index contributed by atoms with van der Waals surface area (Å²) < 4.78 is 0. The van der Waals surface area contributed by atoms with E-state index in [-0.39, 0.29) is 104 Å². The van der Waals surface area contributed by atoms with Crippen molar-refractivity contribution in [3.63, 3.8) is 0 Å². The van der Waals surface area contributed by atoms with Gasteiger partial charge in [0.15, 0.2) is 5.78 Å². The van der Waals surface area contributed by atoms with E-state index in [1.807, 2.05) is 84.9 Å². The Hall–Kier alpha value is -6.66. The Labute approximate surface area is 489 Å². The molecule has 4 aromatic carbocycles. The Bertz CT molecular complexity index is 2840. The van der Waals surface area contributed by atoms with E-state index in [4.69, 9.17) is 0 Å². The van der Waals surface area contributed by atoms with Crippen molar-refractivity contribution in [2.45, 2.75) is 159 Å². The quantitative estimate of drug-likeness (QED) is 0.0448. The molecule has 7 atom stereocenters. The number of fused-ring (bicyclic) bond motifs is 2. The van der Waals surface area contributed by atoms with Gasteiger partial charge in [0.2, 0.25) is 41.4 Å². The average Bonchev–Trinajstić information content (AvgIpc) is 4.21. The van der Waals surface area contributed by atoms with Crippen LogP contribution in [0, 0.1) is 0 Å². The highest BCUT2D eigenvalue weighted by molar-refractivity contribution is 6.02. The van der Waals surface area contributed by atoms with Crippen molar-refractivity contribution < 1.29 is 38.4 Å². The fourth-order valence-electron chi connectivity index (χ4n) is 11.6. The number of nitrogens with zero attached hydrogens (tertiary/aromatic N) is 3. The molecule has 17 nitrogen and oxygen atoms in total. The van der Waals surface area contributed by atoms with Gasteiger partial charge in [-0.1, -0.05) is 66.7 Å². The maximum atomic E-state index is 14.2. The molecule has 2 fully saturated rings. The van der Waals surface area contributed by atoms with E-state index in [0.29, 0.717) is 76.0 Å². The van der Waals surface area contributed by atoms with E-state index in [9.17, 15) is 38.4 Å². The van der Waals surface area contributed by atoms with Crippen LogP contribution in [0.4, 0.5) is 17.1 Å². The predicted octanol–water partition coefficient (Wildman–Crippen LogP) is 6.98. The summed E-state index contributed by atoms with van der Waals surface area (Å²) in [5, 5.41) is 17.4. The number of benzene rings is 4. The second-order valence-electron chi connectivity index (χ2n) is 21.8. The summed E-state index contributed by atoms with van der Waals surface area (Å²) in [6.07, 6.45) is 8.99. The van der Waals surface area contributed by atoms with Crippen molar-refractivity contribution >= 4 is 89.0 Å². The van der Waals surface area contributed by atoms with Gasteiger partial charge in [0, 0.05) is 56.0 Å². The number of likely N-dealkylation sites (tertiary alicyclic amines) is 2. The van der Waals surface area contributed by atoms with Crippen molar-refractivity contribution in [3.05, 3.63) is 125 Å². The Kier molecular flexibility index (Phi) is 23.8. The number of aryl methyl sites for hydroxylation is 4. The lowest BCUT2D eigenvalue weighted by atomic mass is 9.79. The number of Topliss-reactive ketones (excluding diaryl/α,β-unsaturated/α-hetero) is 1. The Morgan fingerprint density at radius 2 is 1.02 bits per heavy atom. The zero-order valence-electron chi connectivity index (χ0n) is 47.1. The average molecular weight is 1150 g/mol. The summed E-state index contributed by atoms with van der Waals surface area (Å²) in [6.45, 7) is 4.77. The van der Waals surface area contributed by atoms with E-state index in [0.717, 1.165) is 54.5 Å². The third-order valence-electron chi connectivity index (χ3n) is 16.4. The summed E-state index contributed by atoms with van der Waals surface area (Å²) in [5.74, 6) is -2.02. The molecule has 8 rings (SSSR count). The number of ketones is 1. The number of amides is 7. The van der Waals surface area contributed by atoms with Crippen LogP contribution in [0.5, 0.6) is 0 Å². The van der Waals surface area contributed by atoms with Crippen molar-refractivity contribution in [2.75, 3.05) is 49.3 Å². The molecule has 4 aliphatic rings. The maximum Gasteiger partial charge on any atom is 0.249 e. The molecule has 0 spiro atoms. The number of anilines is 3. The Morgan fingerprint density at radius 3 is 1.57 bits per heavy atom. The highest BCUT2D eigenvalue weighted by Crippen LogP contribution is 2.36. The molecule has 0 aromatic heterocycles. The molecule has 3 aliphatic heterocycles. The molecule has 7 amide bonds. The SMILES string of the molecule is CN[C@@H](C)C(=O)NC(CCC(=O)Nc1ccc(CCc2ccc(NC(=O)CC[C@H](NC(=O)[C@H](C)NC)C(=O)N3CCC[C@H]3C(=O)C[C@@H]3CCCc4ccccc43)cc2)cc1)C(=O)N1CCC[C@H]1C(=O)N1CCCc2ccccc21.Cl.Cl. The van der Waals surface area contributed by atoms with Gasteiger partial charge >= 0.3 is 0 Å². The second kappa shape index (κ2) is 30.4. The lowest BCUT2D eigenvalue weighted by Crippen LogP contribution is -2.56. The number of para-hydroxylation sites is 1. The molecule has 6 N–H and O–H groups in total. The van der Waals surface area contributed by atoms with Gasteiger partial charge in [-0.3, -0.25) is 38.4 Å². The van der Waals surface area contributed by atoms with Crippen LogP contribution in [-0.2, 0) is 64.0 Å². The third-order valence-corrected chi connectivity index (χ3v) is 16.4. The van der Waals surface area contributed by atoms with Crippen LogP contribution in [-0.4, -0.2) is 127 Å². The largest absolute Gasteiger partial charge is 0.343 e. The molecule has 4 aromatic rings. The molecule has 0 bridgehead atoms. The van der Waals surface area contributed by atoms with Crippen molar-refractivity contribution in [1.82, 2.24) is 31.1 Å². The zero-order valence-corrected chi connectivity index (χ0v) is 48.8. The van der Waals surface area contributed by atoms with Crippen LogP contribution < -0.4 is 36.8 Å². The molecule has 81 heavy (non-hydrogen) atoms. The number of carbonyl (C=O) groups excluding carboxylic acids is 8. The molecule has 436 valence electrons. The molecule has 2 saturated heterocycles. The number of hydrogen-bond donors (Lipinski definition) is 6. The van der Waals surface area contributed by atoms with Crippen LogP contribution in [0.25, 0.3) is 0 Å². The smallest absolute Gasteiger partial charge is 0.249 e. The van der Waals surface area contributed by atoms with E-state index >= 15 is 0 Å². The first-order chi connectivity index (χ1) is 38.2. The van der Waals surface area contributed by atoms with Crippen molar-refractivity contribution in [2.24, 2.45) is 0 Å². The van der Waals surface area contributed by atoms with E-state index in [1.54, 1.807) is 42.6 Å². The fourth-order valence-corrected chi connectivity index (χ4v) is 11.6. The van der Waals surface area contributed by atoms with Crippen LogP contribution in [0.2, 0.25) is 0 Å². The zero-order chi connectivity index (χ0) is 56.0. The highest BCUT2D eigenvalue weighted by Gasteiger charge is 2.42. The predicted molar refractivity (Wildman–Crippen MR) is 320 cm³/mol. The molecular weight excluding hydrogens is 1070 g/mol. The first-order valence-corrected chi connectivity index (χ1v) is 28.5. The van der Waals surface area contributed by atoms with Gasteiger partial charge in [-0.25, -0.2) is 0 Å². The lowest BCUT2D eigenvalue weighted by molar-refractivity contribution is -0.141. The minimum Gasteiger partial charge on any atom is -0.343 e. The molecule has 0 radical (unpaired) electrons. The number of halogens is 2. The van der Waals surface area contributed by atoms with Crippen LogP contribution in [0.15, 0.2) is 97.1 Å². The van der Waals surface area contributed by atoms with E-state index in [1.165, 1.54) is 11.1 Å². The van der Waals surface area contributed by atoms with Gasteiger partial charge in [-0.2, -0.15) is 0 Å². The maximum absolute atomic E-state index is 14.2. The van der Waals surface area contributed by atoms with Crippen LogP contribution in [0.3, 0.4) is 0 Å². The minimum absolute atomic E-state index is 0. The first kappa shape index (κ1) is 63.5. The Morgan fingerprint density at radius 1 is 0.543 bits per heavy atom. The van der Waals surface area contributed by atoms with Gasteiger partial charge in [0.25, 0.3) is 0 Å². The number of likely N-dealkylation sites (N-methyl/N-ethyl adjacent to an activating group) is 2. The second-order valence-corrected chi connectivity index (χ2v) is 21.8. The van der Waals surface area contributed by atoms with Gasteiger partial charge in [-0.15, -0.1) is 24.8 Å². The molecule has 1 unspecified atom stereocenters. The fraction of sp³-hybridized carbons (Fsp3) is 0.484.